The molecule has 0 radical (unpaired) electrons. The first kappa shape index (κ1) is 15.6. The number of hydrogen-bond acceptors (Lipinski definition) is 3. The zero-order valence-corrected chi connectivity index (χ0v) is 12.7. The molecule has 2 aromatic carbocycles. The fourth-order valence-corrected chi connectivity index (χ4v) is 2.29. The van der Waals surface area contributed by atoms with Crippen LogP contribution in [0.1, 0.15) is 16.8 Å². The quantitative estimate of drug-likeness (QED) is 0.748. The molecule has 0 spiro atoms. The molecule has 3 aromatic rings. The number of amides is 1. The molecule has 120 valence electrons. The van der Waals surface area contributed by atoms with Gasteiger partial charge in [0.05, 0.1) is 6.42 Å². The number of benzene rings is 2. The van der Waals surface area contributed by atoms with Gasteiger partial charge in [0.25, 0.3) is 5.91 Å². The Labute approximate surface area is 138 Å². The van der Waals surface area contributed by atoms with Crippen molar-refractivity contribution in [1.29, 1.82) is 0 Å². The maximum Gasteiger partial charge on any atom is 0.307 e. The standard InChI is InChI=1S/C19H15NO4/c21-18(22)6-3-11-20-19(23)14-9-7-13(8-10-14)17-12-15-4-1-2-5-16(15)24-17/h1-5,7-12H,6H2,(H,20,23)(H,21,22)/b11-3+. The Bertz CT molecular complexity index is 874. The summed E-state index contributed by atoms with van der Waals surface area (Å²) in [5.41, 5.74) is 2.18. The predicted molar refractivity (Wildman–Crippen MR) is 90.5 cm³/mol. The Morgan fingerprint density at radius 1 is 1.08 bits per heavy atom. The Morgan fingerprint density at radius 3 is 2.54 bits per heavy atom. The summed E-state index contributed by atoms with van der Waals surface area (Å²) in [4.78, 5) is 22.3. The SMILES string of the molecule is O=C(O)C/C=C/NC(=O)c1ccc(-c2cc3ccccc3o2)cc1. The van der Waals surface area contributed by atoms with Crippen molar-refractivity contribution in [2.75, 3.05) is 0 Å². The molecule has 1 amide bonds. The van der Waals surface area contributed by atoms with Crippen LogP contribution in [0, 0.1) is 0 Å². The van der Waals surface area contributed by atoms with Gasteiger partial charge in [-0.3, -0.25) is 9.59 Å². The highest BCUT2D eigenvalue weighted by Gasteiger charge is 2.08. The molecular weight excluding hydrogens is 306 g/mol. The lowest BCUT2D eigenvalue weighted by atomic mass is 10.1. The van der Waals surface area contributed by atoms with Crippen LogP contribution in [0.4, 0.5) is 0 Å². The van der Waals surface area contributed by atoms with E-state index >= 15 is 0 Å². The van der Waals surface area contributed by atoms with E-state index in [0.717, 1.165) is 22.3 Å². The number of nitrogens with one attached hydrogen (secondary N) is 1. The van der Waals surface area contributed by atoms with Gasteiger partial charge in [0, 0.05) is 22.7 Å². The molecule has 0 atom stereocenters. The molecule has 24 heavy (non-hydrogen) atoms. The van der Waals surface area contributed by atoms with Gasteiger partial charge in [-0.1, -0.05) is 36.4 Å². The summed E-state index contributed by atoms with van der Waals surface area (Å²) in [6, 6.07) is 16.7. The summed E-state index contributed by atoms with van der Waals surface area (Å²) in [6.45, 7) is 0. The number of carbonyl (C=O) groups excluding carboxylic acids is 1. The molecule has 0 bridgehead atoms. The van der Waals surface area contributed by atoms with E-state index in [1.165, 1.54) is 12.3 Å². The number of furan rings is 1. The average molecular weight is 321 g/mol. The van der Waals surface area contributed by atoms with Crippen LogP contribution < -0.4 is 5.32 Å². The summed E-state index contributed by atoms with van der Waals surface area (Å²) < 4.78 is 5.79. The van der Waals surface area contributed by atoms with Crippen molar-refractivity contribution in [2.45, 2.75) is 6.42 Å². The van der Waals surface area contributed by atoms with E-state index < -0.39 is 5.97 Å². The molecule has 0 saturated heterocycles. The maximum atomic E-state index is 11.9. The van der Waals surface area contributed by atoms with E-state index in [1.54, 1.807) is 12.1 Å². The van der Waals surface area contributed by atoms with Gasteiger partial charge in [-0.25, -0.2) is 0 Å². The Balaban J connectivity index is 1.72. The molecule has 2 N–H and O–H groups in total. The summed E-state index contributed by atoms with van der Waals surface area (Å²) in [5, 5.41) is 12.1. The molecule has 3 rings (SSSR count). The Kier molecular flexibility index (Phi) is 4.43. The van der Waals surface area contributed by atoms with Crippen LogP contribution in [0.5, 0.6) is 0 Å². The molecule has 0 saturated carbocycles. The number of fused-ring (bicyclic) bond motifs is 1. The summed E-state index contributed by atoms with van der Waals surface area (Å²) in [6.07, 6.45) is 2.58. The molecule has 0 aliphatic rings. The van der Waals surface area contributed by atoms with Crippen molar-refractivity contribution in [3.63, 3.8) is 0 Å². The highest BCUT2D eigenvalue weighted by Crippen LogP contribution is 2.27. The molecule has 0 aliphatic carbocycles. The first-order valence-electron chi connectivity index (χ1n) is 7.40. The first-order chi connectivity index (χ1) is 11.6. The number of carboxylic acid groups (broad SMARTS) is 1. The summed E-state index contributed by atoms with van der Waals surface area (Å²) >= 11 is 0. The van der Waals surface area contributed by atoms with Gasteiger partial charge in [-0.05, 0) is 24.3 Å². The molecule has 0 aliphatic heterocycles. The fourth-order valence-electron chi connectivity index (χ4n) is 2.29. The van der Waals surface area contributed by atoms with E-state index in [1.807, 2.05) is 42.5 Å². The van der Waals surface area contributed by atoms with Gasteiger partial charge < -0.3 is 14.8 Å². The number of carboxylic acids is 1. The number of rotatable bonds is 5. The highest BCUT2D eigenvalue weighted by atomic mass is 16.4. The number of aliphatic carboxylic acids is 1. The van der Waals surface area contributed by atoms with Crippen molar-refractivity contribution in [2.24, 2.45) is 0 Å². The monoisotopic (exact) mass is 321 g/mol. The maximum absolute atomic E-state index is 11.9. The van der Waals surface area contributed by atoms with Crippen LogP contribution in [0.3, 0.4) is 0 Å². The third kappa shape index (κ3) is 3.52. The molecule has 0 fully saturated rings. The normalized spacial score (nSPS) is 11.0. The van der Waals surface area contributed by atoms with E-state index in [2.05, 4.69) is 5.32 Å². The largest absolute Gasteiger partial charge is 0.481 e. The third-order valence-electron chi connectivity index (χ3n) is 3.48. The zero-order valence-electron chi connectivity index (χ0n) is 12.7. The number of hydrogen-bond donors (Lipinski definition) is 2. The lowest BCUT2D eigenvalue weighted by molar-refractivity contribution is -0.136. The van der Waals surface area contributed by atoms with E-state index in [9.17, 15) is 9.59 Å². The summed E-state index contributed by atoms with van der Waals surface area (Å²) in [5.74, 6) is -0.506. The van der Waals surface area contributed by atoms with Crippen LogP contribution in [-0.2, 0) is 4.79 Å². The van der Waals surface area contributed by atoms with Gasteiger partial charge in [-0.15, -0.1) is 0 Å². The van der Waals surface area contributed by atoms with Crippen molar-refractivity contribution >= 4 is 22.8 Å². The van der Waals surface area contributed by atoms with Gasteiger partial charge >= 0.3 is 5.97 Å². The molecular formula is C19H15NO4. The second kappa shape index (κ2) is 6.83. The number of para-hydroxylation sites is 1. The Morgan fingerprint density at radius 2 is 1.83 bits per heavy atom. The van der Waals surface area contributed by atoms with E-state index in [4.69, 9.17) is 9.52 Å². The smallest absolute Gasteiger partial charge is 0.307 e. The molecule has 0 unspecified atom stereocenters. The van der Waals surface area contributed by atoms with Crippen LogP contribution in [0.2, 0.25) is 0 Å². The van der Waals surface area contributed by atoms with Crippen LogP contribution in [0.15, 0.2) is 71.3 Å². The second-order valence-corrected chi connectivity index (χ2v) is 5.20. The van der Waals surface area contributed by atoms with Crippen LogP contribution in [-0.4, -0.2) is 17.0 Å². The van der Waals surface area contributed by atoms with Crippen molar-refractivity contribution in [1.82, 2.24) is 5.32 Å². The van der Waals surface area contributed by atoms with Crippen LogP contribution in [0.25, 0.3) is 22.3 Å². The average Bonchev–Trinajstić information content (AvgIpc) is 3.02. The van der Waals surface area contributed by atoms with Gasteiger partial charge in [0.15, 0.2) is 0 Å². The Hall–Kier alpha value is -3.34. The summed E-state index contributed by atoms with van der Waals surface area (Å²) in [7, 11) is 0. The lowest BCUT2D eigenvalue weighted by Gasteiger charge is -2.01. The first-order valence-corrected chi connectivity index (χ1v) is 7.40. The second-order valence-electron chi connectivity index (χ2n) is 5.20. The lowest BCUT2D eigenvalue weighted by Crippen LogP contribution is -2.16. The number of carbonyl (C=O) groups is 2. The molecule has 5 nitrogen and oxygen atoms in total. The van der Waals surface area contributed by atoms with Gasteiger partial charge in [0.2, 0.25) is 0 Å². The van der Waals surface area contributed by atoms with Crippen molar-refractivity contribution in [3.05, 3.63) is 72.4 Å². The predicted octanol–water partition coefficient (Wildman–Crippen LogP) is 3.82. The van der Waals surface area contributed by atoms with E-state index in [-0.39, 0.29) is 12.3 Å². The minimum Gasteiger partial charge on any atom is -0.481 e. The third-order valence-corrected chi connectivity index (χ3v) is 3.48. The minimum atomic E-state index is -0.948. The van der Waals surface area contributed by atoms with Crippen molar-refractivity contribution in [3.8, 4) is 11.3 Å². The van der Waals surface area contributed by atoms with Crippen LogP contribution >= 0.6 is 0 Å². The minimum absolute atomic E-state index is 0.134. The van der Waals surface area contributed by atoms with E-state index in [0.29, 0.717) is 5.56 Å². The highest BCUT2D eigenvalue weighted by molar-refractivity contribution is 5.95. The van der Waals surface area contributed by atoms with Gasteiger partial charge in [-0.2, -0.15) is 0 Å². The fraction of sp³-hybridized carbons (Fsp3) is 0.0526. The molecule has 1 aromatic heterocycles. The molecule has 5 heteroatoms. The molecule has 1 heterocycles. The zero-order chi connectivity index (χ0) is 16.9. The topological polar surface area (TPSA) is 79.5 Å². The van der Waals surface area contributed by atoms with Crippen molar-refractivity contribution < 1.29 is 19.1 Å². The van der Waals surface area contributed by atoms with Gasteiger partial charge in [0.1, 0.15) is 11.3 Å².